The Morgan fingerprint density at radius 2 is 1.01 bits per heavy atom. The molecule has 0 bridgehead atoms. The first-order chi connectivity index (χ1) is 34.0. The van der Waals surface area contributed by atoms with E-state index in [-0.39, 0.29) is 49.0 Å². The molecule has 0 radical (unpaired) electrons. The zero-order valence-electron chi connectivity index (χ0n) is 37.6. The van der Waals surface area contributed by atoms with Gasteiger partial charge in [0.15, 0.2) is 8.24 Å². The van der Waals surface area contributed by atoms with E-state index in [1.165, 1.54) is 36.4 Å². The van der Waals surface area contributed by atoms with Gasteiger partial charge in [-0.2, -0.15) is 26.3 Å². The first-order valence-corrected chi connectivity index (χ1v) is 28.6. The Kier molecular flexibility index (Phi) is 19.9. The number of primary amides is 1. The topological polar surface area (TPSA) is 251 Å². The Labute approximate surface area is 448 Å². The Bertz CT molecular complexity index is 3460. The molecule has 0 fully saturated rings. The van der Waals surface area contributed by atoms with Gasteiger partial charge in [-0.15, -0.1) is 0 Å². The molecule has 0 saturated heterocycles. The minimum Gasteiger partial charge on any atom is -0.399 e. The molecule has 2 aromatic heterocycles. The number of carbonyl (C=O) groups excluding carboxylic acids is 4. The maximum Gasteiger partial charge on any atom is 0.417 e. The van der Waals surface area contributed by atoms with E-state index in [1.54, 1.807) is 6.08 Å². The Morgan fingerprint density at radius 3 is 1.38 bits per heavy atom. The second kappa shape index (κ2) is 24.3. The van der Waals surface area contributed by atoms with Crippen molar-refractivity contribution in [2.75, 3.05) is 15.2 Å². The molecule has 0 aliphatic carbocycles. The van der Waals surface area contributed by atoms with Crippen molar-refractivity contribution in [1.29, 1.82) is 0 Å². The number of isocyanates is 1. The molecule has 4 aromatic carbocycles. The van der Waals surface area contributed by atoms with Crippen LogP contribution < -0.4 is 20.9 Å². The van der Waals surface area contributed by atoms with Crippen molar-refractivity contribution in [3.05, 3.63) is 167 Å². The molecule has 392 valence electrons. The number of hydrogen-bond donors (Lipinski definition) is 4. The maximum absolute atomic E-state index is 13.2. The zero-order valence-corrected chi connectivity index (χ0v) is 44.7. The molecule has 0 aliphatic rings. The number of rotatable bonds is 13. The Hall–Kier alpha value is -5.79. The van der Waals surface area contributed by atoms with Crippen LogP contribution in [0.5, 0.6) is 0 Å². The van der Waals surface area contributed by atoms with E-state index < -0.39 is 106 Å². The number of nitrogen functional groups attached to an aromatic ring is 1. The number of hydrogen-bond acceptors (Lipinski definition) is 12. The fourth-order valence-electron chi connectivity index (χ4n) is 5.75. The predicted octanol–water partition coefficient (Wildman–Crippen LogP) is 12.0. The second-order valence-corrected chi connectivity index (χ2v) is 26.2. The molecule has 0 saturated carbocycles. The molecule has 6 aromatic rings. The quantitative estimate of drug-likeness (QED) is 0.0211. The van der Waals surface area contributed by atoms with Crippen LogP contribution in [-0.4, -0.2) is 58.6 Å². The molecule has 0 aliphatic heterocycles. The fourth-order valence-corrected chi connectivity index (χ4v) is 9.36. The number of aromatic nitrogens is 2. The van der Waals surface area contributed by atoms with Crippen molar-refractivity contribution in [2.45, 2.75) is 48.2 Å². The van der Waals surface area contributed by atoms with Crippen LogP contribution in [0.25, 0.3) is 0 Å². The number of halogens is 12. The van der Waals surface area contributed by atoms with Crippen molar-refractivity contribution >= 4 is 139 Å². The molecule has 2 heterocycles. The lowest BCUT2D eigenvalue weighted by atomic mass is 10.0. The average molecular weight is 1210 g/mol. The summed E-state index contributed by atoms with van der Waals surface area (Å²) in [7, 11) is -10.7. The maximum atomic E-state index is 13.2. The minimum absolute atomic E-state index is 0.0266. The highest BCUT2D eigenvalue weighted by molar-refractivity contribution is 7.93. The summed E-state index contributed by atoms with van der Waals surface area (Å²) in [6.07, 6.45) is -6.28. The summed E-state index contributed by atoms with van der Waals surface area (Å²) in [6, 6.07) is 14.4. The molecule has 1 amide bonds. The van der Waals surface area contributed by atoms with Gasteiger partial charge < -0.3 is 11.5 Å². The van der Waals surface area contributed by atoms with Crippen molar-refractivity contribution in [1.82, 2.24) is 9.97 Å². The number of sulfonamides is 2. The van der Waals surface area contributed by atoms with Crippen LogP contribution in [0, 0.1) is 0 Å². The summed E-state index contributed by atoms with van der Waals surface area (Å²) < 4.78 is 138. The number of nitrogens with two attached hydrogens (primary N) is 2. The van der Waals surface area contributed by atoms with E-state index >= 15 is 0 Å². The highest BCUT2D eigenvalue weighted by Gasteiger charge is 2.36. The minimum atomic E-state index is -4.91. The van der Waals surface area contributed by atoms with Crippen LogP contribution in [0.15, 0.2) is 112 Å². The Morgan fingerprint density at radius 1 is 0.622 bits per heavy atom. The van der Waals surface area contributed by atoms with E-state index in [1.807, 2.05) is 29.1 Å². The highest BCUT2D eigenvalue weighted by atomic mass is 35.5. The van der Waals surface area contributed by atoms with Crippen LogP contribution >= 0.6 is 69.6 Å². The van der Waals surface area contributed by atoms with Crippen molar-refractivity contribution in [3.8, 4) is 0 Å². The third kappa shape index (κ3) is 16.6. The monoisotopic (exact) mass is 1200 g/mol. The predicted molar refractivity (Wildman–Crippen MR) is 272 cm³/mol. The summed E-state index contributed by atoms with van der Waals surface area (Å²) in [5.74, 6) is -2.29. The van der Waals surface area contributed by atoms with Crippen LogP contribution in [0.2, 0.25) is 49.8 Å². The van der Waals surface area contributed by atoms with E-state index in [4.69, 9.17) is 81.1 Å². The van der Waals surface area contributed by atoms with Gasteiger partial charge in [0.05, 0.1) is 68.8 Å². The van der Waals surface area contributed by atoms with Gasteiger partial charge in [0.25, 0.3) is 20.0 Å². The van der Waals surface area contributed by atoms with Gasteiger partial charge in [-0.25, -0.2) is 36.3 Å². The number of nitrogens with zero attached hydrogens (tertiary/aromatic N) is 3. The molecular weight excluding hydrogens is 1170 g/mol. The first kappa shape index (κ1) is 60.8. The molecule has 6 N–H and O–H groups in total. The standard InChI is InChI=1S/C21H13Cl3F3N3O4S.C19H11Cl3F3N3O3S.C4H9NOSi/c22-11-7-17(30-35(33,34)12-2-4-16(24)14(8-12)21(25,26)27)19(29-9-11)20(32)13-5-10(6-18(28)31)1-3-15(13)23;20-9-5-16(17(27-8-9)18(29)12-6-10(26)1-3-14(12)21)28-32(30,31)11-2-4-15(22)13(7-11)19(23,24)25;1-7(2,3)5-4-6/h1-5,7-9,30H,6H2,(H2,28,31);1-8,28H,26H2;1-3H3. The van der Waals surface area contributed by atoms with Crippen molar-refractivity contribution in [2.24, 2.45) is 10.4 Å². The van der Waals surface area contributed by atoms with E-state index in [0.717, 1.165) is 48.8 Å². The highest BCUT2D eigenvalue weighted by Crippen LogP contribution is 2.38. The number of anilines is 3. The summed E-state index contributed by atoms with van der Waals surface area (Å²) in [5, 5.41) is -1.47. The van der Waals surface area contributed by atoms with Gasteiger partial charge in [0, 0.05) is 29.2 Å². The third-order valence-electron chi connectivity index (χ3n) is 9.00. The number of nitrogens with one attached hydrogen (secondary N) is 2. The molecule has 15 nitrogen and oxygen atoms in total. The van der Waals surface area contributed by atoms with Gasteiger partial charge in [0.2, 0.25) is 23.6 Å². The average Bonchev–Trinajstić information content (AvgIpc) is 3.26. The summed E-state index contributed by atoms with van der Waals surface area (Å²) in [4.78, 5) is 53.2. The largest absolute Gasteiger partial charge is 0.417 e. The second-order valence-electron chi connectivity index (χ2n) is 15.8. The van der Waals surface area contributed by atoms with E-state index in [2.05, 4.69) is 14.6 Å². The number of amides is 1. The third-order valence-corrected chi connectivity index (χ3v) is 14.2. The summed E-state index contributed by atoms with van der Waals surface area (Å²) >= 11 is 35.1. The van der Waals surface area contributed by atoms with Gasteiger partial charge >= 0.3 is 12.4 Å². The fraction of sp³-hybridized carbons (Fsp3) is 0.136. The number of benzene rings is 4. The molecule has 0 atom stereocenters. The van der Waals surface area contributed by atoms with Gasteiger partial charge in [-0.3, -0.25) is 23.8 Å². The van der Waals surface area contributed by atoms with Crippen LogP contribution in [0.3, 0.4) is 0 Å². The number of carbonyl (C=O) groups is 3. The summed E-state index contributed by atoms with van der Waals surface area (Å²) in [6.45, 7) is 5.95. The lowest BCUT2D eigenvalue weighted by Crippen LogP contribution is -2.18. The van der Waals surface area contributed by atoms with Crippen LogP contribution in [-0.2, 0) is 48.4 Å². The molecule has 0 unspecified atom stereocenters. The van der Waals surface area contributed by atoms with Crippen molar-refractivity contribution in [3.63, 3.8) is 0 Å². The Balaban J connectivity index is 0.000000285. The van der Waals surface area contributed by atoms with Crippen molar-refractivity contribution < 1.29 is 62.4 Å². The number of ketones is 2. The normalized spacial score (nSPS) is 11.7. The van der Waals surface area contributed by atoms with Gasteiger partial charge in [-0.1, -0.05) is 75.7 Å². The van der Waals surface area contributed by atoms with Gasteiger partial charge in [0.1, 0.15) is 11.4 Å². The van der Waals surface area contributed by atoms with Gasteiger partial charge in [-0.05, 0) is 104 Å². The smallest absolute Gasteiger partial charge is 0.399 e. The van der Waals surface area contributed by atoms with Crippen LogP contribution in [0.1, 0.15) is 48.8 Å². The zero-order chi connectivity index (χ0) is 55.9. The lowest BCUT2D eigenvalue weighted by Gasteiger charge is -2.15. The molecule has 6 rings (SSSR count). The number of alkyl halides is 6. The molecular formula is C44H33Cl6F6N7O8S2Si. The SMILES string of the molecule is C[Si](C)(C)N=C=O.NC(=O)Cc1ccc(Cl)c(C(=O)c2ncc(Cl)cc2NS(=O)(=O)c2ccc(Cl)c(C(F)(F)F)c2)c1.Nc1ccc(Cl)c(C(=O)c2ncc(Cl)cc2NS(=O)(=O)c2ccc(Cl)c(C(F)(F)F)c2)c1. The number of pyridine rings is 2. The molecule has 30 heteroatoms. The van der Waals surface area contributed by atoms with E-state index in [9.17, 15) is 62.4 Å². The first-order valence-electron chi connectivity index (χ1n) is 19.9. The lowest BCUT2D eigenvalue weighted by molar-refractivity contribution is -0.138. The van der Waals surface area contributed by atoms with Crippen LogP contribution in [0.4, 0.5) is 43.4 Å². The molecule has 0 spiro atoms. The summed E-state index contributed by atoms with van der Waals surface area (Å²) in [5.41, 5.74) is 6.93. The molecule has 74 heavy (non-hydrogen) atoms. The van der Waals surface area contributed by atoms with E-state index in [0.29, 0.717) is 17.7 Å².